The number of aromatic nitrogens is 2. The number of hydrogen-bond donors (Lipinski definition) is 3. The van der Waals surface area contributed by atoms with Crippen molar-refractivity contribution in [2.75, 3.05) is 19.6 Å². The number of halogens is 1. The van der Waals surface area contributed by atoms with Crippen LogP contribution >= 0.6 is 11.6 Å². The van der Waals surface area contributed by atoms with Gasteiger partial charge in [-0.1, -0.05) is 36.7 Å². The predicted octanol–water partition coefficient (Wildman–Crippen LogP) is 2.07. The van der Waals surface area contributed by atoms with E-state index in [2.05, 4.69) is 20.8 Å². The molecule has 0 radical (unpaired) electrons. The number of benzene rings is 1. The van der Waals surface area contributed by atoms with Crippen LogP contribution in [-0.2, 0) is 0 Å². The Kier molecular flexibility index (Phi) is 5.15. The molecule has 0 aliphatic carbocycles. The molecule has 106 valence electrons. The Balaban J connectivity index is 2.02. The number of likely N-dealkylation sites (N-methyl/N-ethyl adjacent to an activating group) is 1. The van der Waals surface area contributed by atoms with Gasteiger partial charge in [-0.2, -0.15) is 5.10 Å². The molecule has 0 bridgehead atoms. The van der Waals surface area contributed by atoms with Crippen molar-refractivity contribution in [2.45, 2.75) is 6.92 Å². The zero-order chi connectivity index (χ0) is 14.4. The molecular weight excluding hydrogens is 276 g/mol. The van der Waals surface area contributed by atoms with Gasteiger partial charge >= 0.3 is 0 Å². The van der Waals surface area contributed by atoms with Gasteiger partial charge < -0.3 is 10.6 Å². The van der Waals surface area contributed by atoms with Crippen LogP contribution < -0.4 is 10.6 Å². The van der Waals surface area contributed by atoms with E-state index in [1.54, 1.807) is 12.1 Å². The number of rotatable bonds is 6. The second kappa shape index (κ2) is 7.07. The van der Waals surface area contributed by atoms with Crippen molar-refractivity contribution in [3.8, 4) is 11.3 Å². The average Bonchev–Trinajstić information content (AvgIpc) is 2.93. The van der Waals surface area contributed by atoms with Gasteiger partial charge in [-0.05, 0) is 18.7 Å². The van der Waals surface area contributed by atoms with E-state index in [-0.39, 0.29) is 5.91 Å². The first kappa shape index (κ1) is 14.6. The number of nitrogens with zero attached hydrogens (tertiary/aromatic N) is 1. The fourth-order valence-electron chi connectivity index (χ4n) is 1.78. The molecule has 0 aliphatic heterocycles. The Bertz CT molecular complexity index is 582. The maximum Gasteiger partial charge on any atom is 0.269 e. The molecule has 1 aromatic carbocycles. The molecule has 1 amide bonds. The second-order valence-corrected chi connectivity index (χ2v) is 4.66. The summed E-state index contributed by atoms with van der Waals surface area (Å²) in [6, 6.07) is 9.09. The van der Waals surface area contributed by atoms with Gasteiger partial charge in [0.15, 0.2) is 0 Å². The molecule has 2 aromatic rings. The lowest BCUT2D eigenvalue weighted by Crippen LogP contribution is -2.31. The molecule has 0 fully saturated rings. The number of H-pyrrole nitrogens is 1. The van der Waals surface area contributed by atoms with E-state index in [0.29, 0.717) is 23.0 Å². The molecule has 6 heteroatoms. The molecule has 1 aromatic heterocycles. The van der Waals surface area contributed by atoms with E-state index in [0.717, 1.165) is 18.7 Å². The number of nitrogens with one attached hydrogen (secondary N) is 3. The van der Waals surface area contributed by atoms with E-state index in [4.69, 9.17) is 11.6 Å². The van der Waals surface area contributed by atoms with Crippen LogP contribution in [0.1, 0.15) is 17.4 Å². The Morgan fingerprint density at radius 2 is 2.15 bits per heavy atom. The zero-order valence-electron chi connectivity index (χ0n) is 11.2. The van der Waals surface area contributed by atoms with Gasteiger partial charge in [0.1, 0.15) is 5.69 Å². The summed E-state index contributed by atoms with van der Waals surface area (Å²) < 4.78 is 0. The third-order valence-electron chi connectivity index (χ3n) is 2.81. The minimum absolute atomic E-state index is 0.172. The van der Waals surface area contributed by atoms with Crippen molar-refractivity contribution in [3.05, 3.63) is 41.0 Å². The highest BCUT2D eigenvalue weighted by atomic mass is 35.5. The molecule has 0 saturated carbocycles. The lowest BCUT2D eigenvalue weighted by Gasteiger charge is -2.03. The van der Waals surface area contributed by atoms with Crippen LogP contribution in [0.15, 0.2) is 30.3 Å². The summed E-state index contributed by atoms with van der Waals surface area (Å²) in [7, 11) is 0. The molecule has 0 aliphatic rings. The van der Waals surface area contributed by atoms with Crippen molar-refractivity contribution in [1.82, 2.24) is 20.8 Å². The van der Waals surface area contributed by atoms with Crippen LogP contribution in [-0.4, -0.2) is 35.7 Å². The minimum atomic E-state index is -0.172. The molecule has 0 unspecified atom stereocenters. The van der Waals surface area contributed by atoms with Crippen molar-refractivity contribution >= 4 is 17.5 Å². The molecule has 3 N–H and O–H groups in total. The number of amides is 1. The highest BCUT2D eigenvalue weighted by Crippen LogP contribution is 2.26. The van der Waals surface area contributed by atoms with Gasteiger partial charge in [0.2, 0.25) is 0 Å². The number of aromatic amines is 1. The molecule has 0 spiro atoms. The molecule has 2 rings (SSSR count). The molecule has 20 heavy (non-hydrogen) atoms. The minimum Gasteiger partial charge on any atom is -0.349 e. The molecule has 0 atom stereocenters. The molecule has 1 heterocycles. The number of carbonyl (C=O) groups excluding carboxylic acids is 1. The van der Waals surface area contributed by atoms with E-state index < -0.39 is 0 Å². The Morgan fingerprint density at radius 1 is 1.35 bits per heavy atom. The van der Waals surface area contributed by atoms with Gasteiger partial charge in [-0.25, -0.2) is 0 Å². The fourth-order valence-corrected chi connectivity index (χ4v) is 2.01. The summed E-state index contributed by atoms with van der Waals surface area (Å²) >= 11 is 6.10. The van der Waals surface area contributed by atoms with Crippen LogP contribution in [0.4, 0.5) is 0 Å². The Labute approximate surface area is 122 Å². The molecular formula is C14H17ClN4O. The van der Waals surface area contributed by atoms with Gasteiger partial charge in [-0.15, -0.1) is 0 Å². The van der Waals surface area contributed by atoms with E-state index in [1.807, 2.05) is 25.1 Å². The SMILES string of the molecule is CCNCCNC(=O)c1cc(-c2ccccc2Cl)n[nH]1. The Hall–Kier alpha value is -1.85. The van der Waals surface area contributed by atoms with Crippen molar-refractivity contribution in [1.29, 1.82) is 0 Å². The first-order valence-corrected chi connectivity index (χ1v) is 6.89. The maximum atomic E-state index is 11.9. The average molecular weight is 293 g/mol. The zero-order valence-corrected chi connectivity index (χ0v) is 12.0. The lowest BCUT2D eigenvalue weighted by molar-refractivity contribution is 0.0949. The van der Waals surface area contributed by atoms with Crippen LogP contribution in [0.25, 0.3) is 11.3 Å². The van der Waals surface area contributed by atoms with Gasteiger partial charge in [0, 0.05) is 18.7 Å². The highest BCUT2D eigenvalue weighted by Gasteiger charge is 2.11. The summed E-state index contributed by atoms with van der Waals surface area (Å²) in [5.41, 5.74) is 1.89. The van der Waals surface area contributed by atoms with Crippen molar-refractivity contribution in [2.24, 2.45) is 0 Å². The van der Waals surface area contributed by atoms with Gasteiger partial charge in [-0.3, -0.25) is 9.89 Å². The molecule has 5 nitrogen and oxygen atoms in total. The van der Waals surface area contributed by atoms with E-state index >= 15 is 0 Å². The fraction of sp³-hybridized carbons (Fsp3) is 0.286. The van der Waals surface area contributed by atoms with E-state index in [1.165, 1.54) is 0 Å². The number of hydrogen-bond acceptors (Lipinski definition) is 3. The molecule has 0 saturated heterocycles. The third-order valence-corrected chi connectivity index (χ3v) is 3.14. The first-order valence-electron chi connectivity index (χ1n) is 6.51. The van der Waals surface area contributed by atoms with Crippen molar-refractivity contribution < 1.29 is 4.79 Å². The monoisotopic (exact) mass is 292 g/mol. The van der Waals surface area contributed by atoms with Crippen LogP contribution in [0.3, 0.4) is 0 Å². The van der Waals surface area contributed by atoms with Crippen LogP contribution in [0, 0.1) is 0 Å². The van der Waals surface area contributed by atoms with Crippen LogP contribution in [0.2, 0.25) is 5.02 Å². The van der Waals surface area contributed by atoms with Crippen molar-refractivity contribution in [3.63, 3.8) is 0 Å². The second-order valence-electron chi connectivity index (χ2n) is 4.26. The summed E-state index contributed by atoms with van der Waals surface area (Å²) in [5, 5.41) is 13.4. The highest BCUT2D eigenvalue weighted by molar-refractivity contribution is 6.33. The first-order chi connectivity index (χ1) is 9.72. The summed E-state index contributed by atoms with van der Waals surface area (Å²) in [5.74, 6) is -0.172. The normalized spacial score (nSPS) is 10.5. The smallest absolute Gasteiger partial charge is 0.269 e. The topological polar surface area (TPSA) is 69.8 Å². The van der Waals surface area contributed by atoms with Crippen LogP contribution in [0.5, 0.6) is 0 Å². The largest absolute Gasteiger partial charge is 0.349 e. The predicted molar refractivity (Wildman–Crippen MR) is 79.9 cm³/mol. The third kappa shape index (κ3) is 3.59. The van der Waals surface area contributed by atoms with Gasteiger partial charge in [0.05, 0.1) is 10.7 Å². The quantitative estimate of drug-likeness (QED) is 0.714. The summed E-state index contributed by atoms with van der Waals surface area (Å²) in [6.07, 6.45) is 0. The van der Waals surface area contributed by atoms with E-state index in [9.17, 15) is 4.79 Å². The maximum absolute atomic E-state index is 11.9. The number of carbonyl (C=O) groups is 1. The summed E-state index contributed by atoms with van der Waals surface area (Å²) in [6.45, 7) is 4.23. The summed E-state index contributed by atoms with van der Waals surface area (Å²) in [4.78, 5) is 11.9. The lowest BCUT2D eigenvalue weighted by atomic mass is 10.1. The van der Waals surface area contributed by atoms with Gasteiger partial charge in [0.25, 0.3) is 5.91 Å². The Morgan fingerprint density at radius 3 is 2.90 bits per heavy atom. The standard InChI is InChI=1S/C14H17ClN4O/c1-2-16-7-8-17-14(20)13-9-12(18-19-13)10-5-3-4-6-11(10)15/h3-6,9,16H,2,7-8H2,1H3,(H,17,20)(H,18,19).